The summed E-state index contributed by atoms with van der Waals surface area (Å²) in [6, 6.07) is 0. The average Bonchev–Trinajstić information content (AvgIpc) is 2.69. The van der Waals surface area contributed by atoms with Gasteiger partial charge >= 0.3 is 0 Å². The molecule has 3 nitrogen and oxygen atoms in total. The molecule has 1 aromatic rings. The minimum absolute atomic E-state index is 0.499. The Morgan fingerprint density at radius 3 is 3.10 bits per heavy atom. The predicted molar refractivity (Wildman–Crippen MR) is 33.9 cm³/mol. The highest BCUT2D eigenvalue weighted by Gasteiger charge is 2.28. The second-order valence-electron chi connectivity index (χ2n) is 2.55. The number of carbonyl (C=O) groups is 1. The summed E-state index contributed by atoms with van der Waals surface area (Å²) in [6.45, 7) is 0. The van der Waals surface area contributed by atoms with Crippen LogP contribution in [0.3, 0.4) is 0 Å². The highest BCUT2D eigenvalue weighted by atomic mass is 16.5. The maximum Gasteiger partial charge on any atom is 0.155 e. The Morgan fingerprint density at radius 2 is 2.50 bits per heavy atom. The number of carbonyl (C=O) groups excluding carboxylic acids is 1. The minimum atomic E-state index is 0.499. The molecular weight excluding hydrogens is 130 g/mol. The summed E-state index contributed by atoms with van der Waals surface area (Å²) in [6.07, 6.45) is 4.49. The Morgan fingerprint density at radius 1 is 1.70 bits per heavy atom. The fourth-order valence-corrected chi connectivity index (χ4v) is 1.01. The first-order chi connectivity index (χ1) is 4.92. The molecule has 0 aromatic carbocycles. The van der Waals surface area contributed by atoms with Gasteiger partial charge in [-0.15, -0.1) is 0 Å². The van der Waals surface area contributed by atoms with Crippen molar-refractivity contribution in [2.75, 3.05) is 0 Å². The van der Waals surface area contributed by atoms with Crippen LogP contribution in [0, 0.1) is 0 Å². The lowest BCUT2D eigenvalue weighted by Gasteiger charge is -1.85. The second-order valence-corrected chi connectivity index (χ2v) is 2.55. The molecule has 0 aliphatic heterocycles. The molecule has 0 atom stereocenters. The van der Waals surface area contributed by atoms with E-state index in [1.165, 1.54) is 6.26 Å². The molecule has 1 fully saturated rings. The number of nitrogens with zero attached hydrogens (tertiary/aromatic N) is 1. The van der Waals surface area contributed by atoms with Crippen molar-refractivity contribution in [1.29, 1.82) is 0 Å². The fraction of sp³-hybridized carbons (Fsp3) is 0.429. The summed E-state index contributed by atoms with van der Waals surface area (Å²) in [4.78, 5) is 10.3. The van der Waals surface area contributed by atoms with E-state index < -0.39 is 0 Å². The summed E-state index contributed by atoms with van der Waals surface area (Å²) in [5.41, 5.74) is 1.46. The highest BCUT2D eigenvalue weighted by molar-refractivity contribution is 5.76. The van der Waals surface area contributed by atoms with Crippen LogP contribution in [0.25, 0.3) is 0 Å². The number of aldehydes is 1. The zero-order valence-corrected chi connectivity index (χ0v) is 5.41. The first-order valence-electron chi connectivity index (χ1n) is 3.31. The SMILES string of the molecule is O=Cc1conc1C1CC1. The lowest BCUT2D eigenvalue weighted by molar-refractivity contribution is 0.112. The molecule has 0 unspecified atom stereocenters. The summed E-state index contributed by atoms with van der Waals surface area (Å²) in [7, 11) is 0. The summed E-state index contributed by atoms with van der Waals surface area (Å²) in [5, 5.41) is 3.74. The van der Waals surface area contributed by atoms with E-state index in [0.29, 0.717) is 11.5 Å². The molecule has 0 amide bonds. The smallest absolute Gasteiger partial charge is 0.155 e. The van der Waals surface area contributed by atoms with Crippen molar-refractivity contribution < 1.29 is 9.32 Å². The Hall–Kier alpha value is -1.12. The zero-order valence-electron chi connectivity index (χ0n) is 5.41. The van der Waals surface area contributed by atoms with Crippen molar-refractivity contribution in [2.24, 2.45) is 0 Å². The van der Waals surface area contributed by atoms with Crippen molar-refractivity contribution in [3.8, 4) is 0 Å². The number of rotatable bonds is 2. The monoisotopic (exact) mass is 137 g/mol. The van der Waals surface area contributed by atoms with E-state index in [0.717, 1.165) is 24.8 Å². The van der Waals surface area contributed by atoms with Gasteiger partial charge in [-0.2, -0.15) is 0 Å². The van der Waals surface area contributed by atoms with Crippen LogP contribution in [0.5, 0.6) is 0 Å². The van der Waals surface area contributed by atoms with Crippen LogP contribution in [-0.2, 0) is 0 Å². The minimum Gasteiger partial charge on any atom is -0.364 e. The predicted octanol–water partition coefficient (Wildman–Crippen LogP) is 1.36. The third-order valence-electron chi connectivity index (χ3n) is 1.72. The Bertz CT molecular complexity index is 250. The fourth-order valence-electron chi connectivity index (χ4n) is 1.01. The highest BCUT2D eigenvalue weighted by Crippen LogP contribution is 2.40. The molecule has 0 radical (unpaired) electrons. The Labute approximate surface area is 58.0 Å². The van der Waals surface area contributed by atoms with Gasteiger partial charge < -0.3 is 4.52 Å². The van der Waals surface area contributed by atoms with Gasteiger partial charge in [0.15, 0.2) is 6.29 Å². The molecule has 3 heteroatoms. The van der Waals surface area contributed by atoms with Gasteiger partial charge in [0, 0.05) is 5.92 Å². The van der Waals surface area contributed by atoms with E-state index >= 15 is 0 Å². The van der Waals surface area contributed by atoms with Crippen LogP contribution in [0.15, 0.2) is 10.8 Å². The molecular formula is C7H7NO2. The number of aromatic nitrogens is 1. The van der Waals surface area contributed by atoms with Crippen molar-refractivity contribution >= 4 is 6.29 Å². The van der Waals surface area contributed by atoms with Gasteiger partial charge in [0.25, 0.3) is 0 Å². The molecule has 2 rings (SSSR count). The maximum absolute atomic E-state index is 10.3. The van der Waals surface area contributed by atoms with Crippen LogP contribution in [-0.4, -0.2) is 11.4 Å². The van der Waals surface area contributed by atoms with Crippen molar-refractivity contribution in [3.05, 3.63) is 17.5 Å². The average molecular weight is 137 g/mol. The normalized spacial score (nSPS) is 17.2. The van der Waals surface area contributed by atoms with E-state index in [9.17, 15) is 4.79 Å². The quantitative estimate of drug-likeness (QED) is 0.578. The molecule has 0 saturated heterocycles. The second kappa shape index (κ2) is 1.94. The van der Waals surface area contributed by atoms with E-state index in [4.69, 9.17) is 0 Å². The van der Waals surface area contributed by atoms with E-state index in [1.54, 1.807) is 0 Å². The van der Waals surface area contributed by atoms with Gasteiger partial charge in [-0.3, -0.25) is 4.79 Å². The van der Waals surface area contributed by atoms with Crippen LogP contribution in [0.1, 0.15) is 34.8 Å². The molecule has 52 valence electrons. The van der Waals surface area contributed by atoms with E-state index in [2.05, 4.69) is 9.68 Å². The maximum atomic E-state index is 10.3. The number of hydrogen-bond donors (Lipinski definition) is 0. The summed E-state index contributed by atoms with van der Waals surface area (Å²) >= 11 is 0. The van der Waals surface area contributed by atoms with Crippen molar-refractivity contribution in [1.82, 2.24) is 5.16 Å². The lowest BCUT2D eigenvalue weighted by atomic mass is 10.2. The van der Waals surface area contributed by atoms with Gasteiger partial charge in [-0.25, -0.2) is 0 Å². The molecule has 1 aliphatic rings. The standard InChI is InChI=1S/C7H7NO2/c9-3-6-4-10-8-7(6)5-1-2-5/h3-5H,1-2H2. The molecule has 1 aliphatic carbocycles. The molecule has 1 aromatic heterocycles. The van der Waals surface area contributed by atoms with Crippen LogP contribution >= 0.6 is 0 Å². The van der Waals surface area contributed by atoms with Gasteiger partial charge in [-0.1, -0.05) is 5.16 Å². The van der Waals surface area contributed by atoms with E-state index in [1.807, 2.05) is 0 Å². The van der Waals surface area contributed by atoms with Gasteiger partial charge in [-0.05, 0) is 12.8 Å². The molecule has 0 N–H and O–H groups in total. The van der Waals surface area contributed by atoms with Gasteiger partial charge in [0.1, 0.15) is 6.26 Å². The Balaban J connectivity index is 2.37. The van der Waals surface area contributed by atoms with Crippen LogP contribution in [0.2, 0.25) is 0 Å². The summed E-state index contributed by atoms with van der Waals surface area (Å²) in [5.74, 6) is 0.499. The third kappa shape index (κ3) is 0.744. The van der Waals surface area contributed by atoms with E-state index in [-0.39, 0.29) is 0 Å². The molecule has 1 heterocycles. The van der Waals surface area contributed by atoms with Crippen molar-refractivity contribution in [2.45, 2.75) is 18.8 Å². The third-order valence-corrected chi connectivity index (χ3v) is 1.72. The summed E-state index contributed by atoms with van der Waals surface area (Å²) < 4.78 is 4.66. The van der Waals surface area contributed by atoms with Gasteiger partial charge in [0.2, 0.25) is 0 Å². The topological polar surface area (TPSA) is 43.1 Å². The van der Waals surface area contributed by atoms with Gasteiger partial charge in [0.05, 0.1) is 11.3 Å². The molecule has 1 saturated carbocycles. The Kier molecular flexibility index (Phi) is 1.09. The molecule has 0 bridgehead atoms. The number of hydrogen-bond acceptors (Lipinski definition) is 3. The first-order valence-corrected chi connectivity index (χ1v) is 3.31. The van der Waals surface area contributed by atoms with Crippen molar-refractivity contribution in [3.63, 3.8) is 0 Å². The first kappa shape index (κ1) is 5.65. The largest absolute Gasteiger partial charge is 0.364 e. The molecule has 10 heavy (non-hydrogen) atoms. The lowest BCUT2D eigenvalue weighted by Crippen LogP contribution is -1.84. The molecule has 0 spiro atoms. The van der Waals surface area contributed by atoms with Crippen LogP contribution < -0.4 is 0 Å². The zero-order chi connectivity index (χ0) is 6.97. The van der Waals surface area contributed by atoms with Crippen LogP contribution in [0.4, 0.5) is 0 Å².